The molecule has 2 fully saturated rings. The van der Waals surface area contributed by atoms with Crippen molar-refractivity contribution in [2.45, 2.75) is 74.8 Å². The lowest BCUT2D eigenvalue weighted by molar-refractivity contribution is -0.350. The van der Waals surface area contributed by atoms with Crippen molar-refractivity contribution in [1.82, 2.24) is 4.90 Å². The number of esters is 1. The van der Waals surface area contributed by atoms with E-state index in [0.29, 0.717) is 5.75 Å². The topological polar surface area (TPSA) is 168 Å². The molecule has 2 aromatic rings. The molecule has 2 aromatic carbocycles. The average Bonchev–Trinajstić information content (AvgIpc) is 3.00. The van der Waals surface area contributed by atoms with Gasteiger partial charge in [-0.3, -0.25) is 0 Å². The molecular formula is C31H41NO11. The number of carbonyl (C=O) groups excluding carboxylic acids is 1. The normalized spacial score (nSPS) is 33.0. The van der Waals surface area contributed by atoms with E-state index < -0.39 is 74.0 Å². The molecule has 2 heterocycles. The molecule has 236 valence electrons. The Hall–Kier alpha value is -2.91. The minimum Gasteiger partial charge on any atom is -0.462 e. The molecule has 0 aliphatic carbocycles. The highest BCUT2D eigenvalue weighted by molar-refractivity contribution is 5.87. The van der Waals surface area contributed by atoms with Gasteiger partial charge in [0, 0.05) is 12.6 Å². The van der Waals surface area contributed by atoms with E-state index in [-0.39, 0.29) is 0 Å². The fraction of sp³-hybridized carbons (Fsp3) is 0.516. The summed E-state index contributed by atoms with van der Waals surface area (Å²) in [6.45, 7) is 1.98. The number of aliphatic hydroxyl groups excluding tert-OH is 5. The lowest BCUT2D eigenvalue weighted by Crippen LogP contribution is -2.64. The largest absolute Gasteiger partial charge is 0.462 e. The van der Waals surface area contributed by atoms with Crippen molar-refractivity contribution in [1.29, 1.82) is 0 Å². The van der Waals surface area contributed by atoms with Crippen LogP contribution in [0.2, 0.25) is 0 Å². The van der Waals surface area contributed by atoms with Crippen LogP contribution in [0.4, 0.5) is 0 Å². The Morgan fingerprint density at radius 2 is 1.56 bits per heavy atom. The van der Waals surface area contributed by atoms with E-state index in [1.165, 1.54) is 6.08 Å². The summed E-state index contributed by atoms with van der Waals surface area (Å²) in [5.74, 6) is -0.289. The third kappa shape index (κ3) is 8.82. The van der Waals surface area contributed by atoms with E-state index in [1.807, 2.05) is 44.4 Å². The Morgan fingerprint density at radius 3 is 2.23 bits per heavy atom. The Labute approximate surface area is 250 Å². The van der Waals surface area contributed by atoms with Gasteiger partial charge in [0.2, 0.25) is 6.29 Å². The summed E-state index contributed by atoms with van der Waals surface area (Å²) < 4.78 is 28.1. The van der Waals surface area contributed by atoms with Gasteiger partial charge >= 0.3 is 5.97 Å². The molecule has 10 atom stereocenters. The predicted octanol–water partition coefficient (Wildman–Crippen LogP) is 0.0855. The number of aliphatic hydroxyl groups is 5. The van der Waals surface area contributed by atoms with Crippen LogP contribution in [0, 0.1) is 0 Å². The second kappa shape index (κ2) is 15.2. The first-order valence-corrected chi connectivity index (χ1v) is 14.2. The standard InChI is InChI=1S/C31H41NO11/c1-18-24(34)29(28(38)31(40-18)41-21-12-9-20(10-13-21)15-16-32(2)3)43-30-27(37)26(36)25(35)22(42-30)17-39-23(33)14-11-19-7-5-4-6-8-19/h4-14,18,22,24-31,34-38H,15-17H2,1-3H3/b14-11+/t18-,22+,24-,25+,26-,27+,28+,29+,30-,31-/m0/s1. The molecule has 2 aliphatic heterocycles. The maximum absolute atomic E-state index is 12.2. The summed E-state index contributed by atoms with van der Waals surface area (Å²) in [6, 6.07) is 16.4. The first-order chi connectivity index (χ1) is 20.5. The molecule has 12 heteroatoms. The number of nitrogens with zero attached hydrogens (tertiary/aromatic N) is 1. The van der Waals surface area contributed by atoms with Crippen LogP contribution in [0.3, 0.4) is 0 Å². The second-order valence-electron chi connectivity index (χ2n) is 11.0. The molecule has 0 spiro atoms. The van der Waals surface area contributed by atoms with Crippen LogP contribution in [0.15, 0.2) is 60.7 Å². The van der Waals surface area contributed by atoms with E-state index in [0.717, 1.165) is 24.1 Å². The molecule has 2 saturated heterocycles. The number of likely N-dealkylation sites (N-methyl/N-ethyl adjacent to an activating group) is 1. The van der Waals surface area contributed by atoms with Crippen LogP contribution >= 0.6 is 0 Å². The molecule has 5 N–H and O–H groups in total. The molecule has 0 unspecified atom stereocenters. The van der Waals surface area contributed by atoms with E-state index in [4.69, 9.17) is 23.7 Å². The molecular weight excluding hydrogens is 562 g/mol. The highest BCUT2D eigenvalue weighted by Crippen LogP contribution is 2.30. The molecule has 4 rings (SSSR count). The maximum atomic E-state index is 12.2. The van der Waals surface area contributed by atoms with Gasteiger partial charge in [-0.2, -0.15) is 0 Å². The highest BCUT2D eigenvalue weighted by atomic mass is 16.7. The fourth-order valence-corrected chi connectivity index (χ4v) is 4.74. The van der Waals surface area contributed by atoms with Crippen LogP contribution in [-0.4, -0.2) is 125 Å². The quantitative estimate of drug-likeness (QED) is 0.174. The third-order valence-electron chi connectivity index (χ3n) is 7.37. The first-order valence-electron chi connectivity index (χ1n) is 14.2. The number of rotatable bonds is 11. The van der Waals surface area contributed by atoms with Crippen molar-refractivity contribution in [3.63, 3.8) is 0 Å². The minimum absolute atomic E-state index is 0.427. The minimum atomic E-state index is -1.74. The van der Waals surface area contributed by atoms with Gasteiger partial charge in [0.15, 0.2) is 6.29 Å². The van der Waals surface area contributed by atoms with Crippen LogP contribution in [0.5, 0.6) is 5.75 Å². The SMILES string of the molecule is C[C@@H]1O[C@@H](Oc2ccc(CCN(C)C)cc2)[C@H](O)[C@H](O[C@@H]2O[C@H](COC(=O)/C=C/c3ccccc3)[C@@H](O)[C@H](O)[C@H]2O)[C@H]1O. The van der Waals surface area contributed by atoms with Crippen LogP contribution in [0.25, 0.3) is 6.08 Å². The summed E-state index contributed by atoms with van der Waals surface area (Å²) in [5, 5.41) is 53.3. The van der Waals surface area contributed by atoms with E-state index in [9.17, 15) is 30.3 Å². The van der Waals surface area contributed by atoms with Crippen LogP contribution in [-0.2, 0) is 30.2 Å². The van der Waals surface area contributed by atoms with Crippen LogP contribution in [0.1, 0.15) is 18.1 Å². The molecule has 43 heavy (non-hydrogen) atoms. The van der Waals surface area contributed by atoms with Gasteiger partial charge in [-0.25, -0.2) is 4.79 Å². The molecule has 0 amide bonds. The summed E-state index contributed by atoms with van der Waals surface area (Å²) in [4.78, 5) is 14.3. The average molecular weight is 604 g/mol. The number of ether oxygens (including phenoxy) is 5. The number of hydrogen-bond acceptors (Lipinski definition) is 12. The van der Waals surface area contributed by atoms with Crippen LogP contribution < -0.4 is 4.74 Å². The van der Waals surface area contributed by atoms with E-state index >= 15 is 0 Å². The van der Waals surface area contributed by atoms with Gasteiger partial charge in [0.05, 0.1) is 6.10 Å². The van der Waals surface area contributed by atoms with Crippen molar-refractivity contribution in [2.24, 2.45) is 0 Å². The Kier molecular flexibility index (Phi) is 11.7. The molecule has 0 bridgehead atoms. The molecule has 2 aliphatic rings. The van der Waals surface area contributed by atoms with Gasteiger partial charge in [-0.05, 0) is 56.8 Å². The summed E-state index contributed by atoms with van der Waals surface area (Å²) in [5.41, 5.74) is 1.88. The van der Waals surface area contributed by atoms with Gasteiger partial charge < -0.3 is 54.1 Å². The molecule has 12 nitrogen and oxygen atoms in total. The van der Waals surface area contributed by atoms with E-state index in [1.54, 1.807) is 37.3 Å². The zero-order valence-corrected chi connectivity index (χ0v) is 24.4. The smallest absolute Gasteiger partial charge is 0.330 e. The fourth-order valence-electron chi connectivity index (χ4n) is 4.74. The van der Waals surface area contributed by atoms with Crippen molar-refractivity contribution in [3.8, 4) is 5.75 Å². The molecule has 0 aromatic heterocycles. The van der Waals surface area contributed by atoms with Crippen molar-refractivity contribution < 1.29 is 54.0 Å². The Balaban J connectivity index is 1.37. The number of benzene rings is 2. The number of hydrogen-bond donors (Lipinski definition) is 5. The van der Waals surface area contributed by atoms with Gasteiger partial charge in [0.1, 0.15) is 55.1 Å². The van der Waals surface area contributed by atoms with E-state index in [2.05, 4.69) is 4.90 Å². The zero-order chi connectivity index (χ0) is 31.1. The second-order valence-corrected chi connectivity index (χ2v) is 11.0. The van der Waals surface area contributed by atoms with Crippen molar-refractivity contribution >= 4 is 12.0 Å². The third-order valence-corrected chi connectivity index (χ3v) is 7.37. The van der Waals surface area contributed by atoms with Gasteiger partial charge in [-0.1, -0.05) is 42.5 Å². The summed E-state index contributed by atoms with van der Waals surface area (Å²) in [6.07, 6.45) is -10.7. The van der Waals surface area contributed by atoms with Crippen molar-refractivity contribution in [3.05, 3.63) is 71.8 Å². The first kappa shape index (κ1) is 33.0. The zero-order valence-electron chi connectivity index (χ0n) is 24.4. The number of carbonyl (C=O) groups is 1. The van der Waals surface area contributed by atoms with Gasteiger partial charge in [-0.15, -0.1) is 0 Å². The molecule has 0 saturated carbocycles. The van der Waals surface area contributed by atoms with Crippen molar-refractivity contribution in [2.75, 3.05) is 27.2 Å². The molecule has 0 radical (unpaired) electrons. The maximum Gasteiger partial charge on any atom is 0.330 e. The lowest BCUT2D eigenvalue weighted by atomic mass is 9.97. The van der Waals surface area contributed by atoms with Gasteiger partial charge in [0.25, 0.3) is 0 Å². The Morgan fingerprint density at radius 1 is 0.860 bits per heavy atom. The predicted molar refractivity (Wildman–Crippen MR) is 154 cm³/mol. The highest BCUT2D eigenvalue weighted by Gasteiger charge is 2.50. The Bertz CT molecular complexity index is 1180. The summed E-state index contributed by atoms with van der Waals surface area (Å²) >= 11 is 0. The lowest BCUT2D eigenvalue weighted by Gasteiger charge is -2.45. The monoisotopic (exact) mass is 603 g/mol. The summed E-state index contributed by atoms with van der Waals surface area (Å²) in [7, 11) is 3.99.